The number of aliphatic hydroxyl groups is 2. The van der Waals surface area contributed by atoms with Crippen LogP contribution in [0.4, 0.5) is 31.5 Å². The molecule has 60 heavy (non-hydrogen) atoms. The Hall–Kier alpha value is -6.40. The molecule has 18 heteroatoms. The lowest BCUT2D eigenvalue weighted by Crippen LogP contribution is -2.34. The average molecular weight is 823 g/mol. The first-order valence-electron chi connectivity index (χ1n) is 19.8. The number of anilines is 4. The molecule has 8 heterocycles. The van der Waals surface area contributed by atoms with E-state index in [4.69, 9.17) is 9.47 Å². The number of ether oxygens (including phenoxy) is 2. The van der Waals surface area contributed by atoms with E-state index in [9.17, 15) is 28.6 Å². The van der Waals surface area contributed by atoms with Gasteiger partial charge in [-0.15, -0.1) is 0 Å². The molecule has 4 aliphatic rings. The Kier molecular flexibility index (Phi) is 9.98. The minimum absolute atomic E-state index is 0.122. The van der Waals surface area contributed by atoms with Crippen LogP contribution >= 0.6 is 0 Å². The van der Waals surface area contributed by atoms with Crippen molar-refractivity contribution in [3.63, 3.8) is 0 Å². The van der Waals surface area contributed by atoms with E-state index in [-0.39, 0.29) is 38.1 Å². The van der Waals surface area contributed by atoms with Crippen LogP contribution in [0, 0.1) is 0 Å². The van der Waals surface area contributed by atoms with Crippen molar-refractivity contribution in [1.29, 1.82) is 0 Å². The number of aliphatic hydroxyl groups excluding tert-OH is 2. The number of rotatable bonds is 8. The van der Waals surface area contributed by atoms with E-state index in [2.05, 4.69) is 30.8 Å². The molecular weight excluding hydrogens is 779 g/mol. The third-order valence-electron chi connectivity index (χ3n) is 11.4. The number of fused-ring (bicyclic) bond motifs is 4. The van der Waals surface area contributed by atoms with Gasteiger partial charge < -0.3 is 40.1 Å². The zero-order chi connectivity index (χ0) is 41.8. The molecule has 0 spiro atoms. The molecule has 2 aromatic carbocycles. The fourth-order valence-corrected chi connectivity index (χ4v) is 8.23. The molecule has 10 rings (SSSR count). The van der Waals surface area contributed by atoms with Crippen LogP contribution in [0.1, 0.15) is 58.5 Å². The van der Waals surface area contributed by atoms with Gasteiger partial charge in [0.1, 0.15) is 46.2 Å². The van der Waals surface area contributed by atoms with Crippen molar-refractivity contribution in [2.45, 2.75) is 63.1 Å². The van der Waals surface area contributed by atoms with Crippen LogP contribution < -0.4 is 29.9 Å². The Bertz CT molecular complexity index is 2440. The van der Waals surface area contributed by atoms with Crippen LogP contribution in [0.2, 0.25) is 0 Å². The predicted molar refractivity (Wildman–Crippen MR) is 218 cm³/mol. The Balaban J connectivity index is 0.000000154. The van der Waals surface area contributed by atoms with E-state index in [0.717, 1.165) is 11.1 Å². The zero-order valence-corrected chi connectivity index (χ0v) is 33.0. The summed E-state index contributed by atoms with van der Waals surface area (Å²) in [6, 6.07) is 10.8. The summed E-state index contributed by atoms with van der Waals surface area (Å²) in [7, 11) is 0. The lowest BCUT2D eigenvalue weighted by molar-refractivity contribution is 0.0446. The minimum Gasteiger partial charge on any atom is -0.484 e. The molecule has 4 aliphatic heterocycles. The van der Waals surface area contributed by atoms with Gasteiger partial charge in [-0.05, 0) is 51.0 Å². The van der Waals surface area contributed by atoms with Gasteiger partial charge in [-0.3, -0.25) is 9.59 Å². The van der Waals surface area contributed by atoms with Gasteiger partial charge in [0, 0.05) is 87.1 Å². The van der Waals surface area contributed by atoms with E-state index >= 15 is 0 Å². The number of amides is 2. The van der Waals surface area contributed by atoms with Crippen molar-refractivity contribution >= 4 is 45.9 Å². The Morgan fingerprint density at radius 2 is 1.17 bits per heavy atom. The van der Waals surface area contributed by atoms with Crippen LogP contribution in [-0.4, -0.2) is 114 Å². The number of nitrogens with zero attached hydrogens (tertiary/aromatic N) is 8. The molecule has 2 amide bonds. The van der Waals surface area contributed by atoms with Gasteiger partial charge in [0.2, 0.25) is 0 Å². The third kappa shape index (κ3) is 7.40. The number of aromatic nitrogens is 6. The summed E-state index contributed by atoms with van der Waals surface area (Å²) in [6.45, 7) is 5.06. The van der Waals surface area contributed by atoms with Crippen molar-refractivity contribution in [3.8, 4) is 11.5 Å². The number of nitrogens with one attached hydrogen (secondary N) is 2. The number of alkyl halides is 2. The number of hydrogen-bond donors (Lipinski definition) is 4. The molecule has 312 valence electrons. The van der Waals surface area contributed by atoms with Crippen molar-refractivity contribution in [1.82, 2.24) is 29.2 Å². The van der Waals surface area contributed by atoms with Gasteiger partial charge >= 0.3 is 0 Å². The molecule has 0 bridgehead atoms. The van der Waals surface area contributed by atoms with Crippen molar-refractivity contribution in [2.75, 3.05) is 59.8 Å². The fourth-order valence-electron chi connectivity index (χ4n) is 8.23. The van der Waals surface area contributed by atoms with E-state index < -0.39 is 23.5 Å². The number of hydrogen-bond acceptors (Lipinski definition) is 12. The lowest BCUT2D eigenvalue weighted by atomic mass is 9.99. The number of carbonyl (C=O) groups is 2. The van der Waals surface area contributed by atoms with Gasteiger partial charge in [-0.2, -0.15) is 10.2 Å². The highest BCUT2D eigenvalue weighted by Gasteiger charge is 2.38. The predicted octanol–water partition coefficient (Wildman–Crippen LogP) is 4.43. The van der Waals surface area contributed by atoms with Crippen molar-refractivity contribution < 1.29 is 38.1 Å². The quantitative estimate of drug-likeness (QED) is 0.170. The molecule has 4 aromatic heterocycles. The summed E-state index contributed by atoms with van der Waals surface area (Å²) in [5.41, 5.74) is 4.54. The average Bonchev–Trinajstić information content (AvgIpc) is 4.10. The van der Waals surface area contributed by atoms with Gasteiger partial charge in [0.05, 0.1) is 48.4 Å². The van der Waals surface area contributed by atoms with Crippen LogP contribution in [-0.2, 0) is 12.8 Å². The van der Waals surface area contributed by atoms with Crippen LogP contribution in [0.15, 0.2) is 73.6 Å². The minimum atomic E-state index is -0.908. The van der Waals surface area contributed by atoms with Gasteiger partial charge in [0.15, 0.2) is 11.3 Å². The largest absolute Gasteiger partial charge is 0.484 e. The van der Waals surface area contributed by atoms with Gasteiger partial charge in [-0.25, -0.2) is 27.8 Å². The molecule has 16 nitrogen and oxygen atoms in total. The smallest absolute Gasteiger partial charge is 0.261 e. The Labute approximate surface area is 342 Å². The highest BCUT2D eigenvalue weighted by molar-refractivity contribution is 6.10. The second-order valence-electron chi connectivity index (χ2n) is 16.2. The molecule has 6 aromatic rings. The van der Waals surface area contributed by atoms with E-state index in [1.165, 1.54) is 21.4 Å². The Morgan fingerprint density at radius 3 is 1.55 bits per heavy atom. The summed E-state index contributed by atoms with van der Waals surface area (Å²) < 4.78 is 42.8. The first-order chi connectivity index (χ1) is 28.9. The maximum absolute atomic E-state index is 13.9. The monoisotopic (exact) mass is 822 g/mol. The molecule has 2 fully saturated rings. The molecule has 0 radical (unpaired) electrons. The highest BCUT2D eigenvalue weighted by Crippen LogP contribution is 2.44. The van der Waals surface area contributed by atoms with E-state index in [0.29, 0.717) is 95.4 Å². The van der Waals surface area contributed by atoms with E-state index in [1.807, 2.05) is 47.9 Å². The standard InChI is InChI=1S/2C21H22FN5O3/c2*1-21(12-28)9-13-7-16(17(8-18(13)30-21)26-6-3-14(22)11-26)25-20(29)15-10-24-27-5-2-4-23-19(15)27/h2*2,4-5,7-8,10,14,28H,3,6,9,11-12H2,1H3,(H,25,29)/t14-,21+;14-,21-/m00/s1. The van der Waals surface area contributed by atoms with Crippen LogP contribution in [0.25, 0.3) is 11.3 Å². The summed E-state index contributed by atoms with van der Waals surface area (Å²) >= 11 is 0. The molecule has 0 aliphatic carbocycles. The lowest BCUT2D eigenvalue weighted by Gasteiger charge is -2.23. The second-order valence-corrected chi connectivity index (χ2v) is 16.2. The number of benzene rings is 2. The molecule has 2 saturated heterocycles. The summed E-state index contributed by atoms with van der Waals surface area (Å²) in [4.78, 5) is 38.4. The van der Waals surface area contributed by atoms with Gasteiger partial charge in [0.25, 0.3) is 11.8 Å². The van der Waals surface area contributed by atoms with Crippen molar-refractivity contribution in [3.05, 3.63) is 95.8 Å². The SMILES string of the molecule is C[C@@]1(CO)Cc2cc(NC(=O)c3cnn4cccnc34)c(N3CC[C@H](F)C3)cc2O1.C[C@]1(CO)Cc2cc(NC(=O)c3cnn4cccnc34)c(N3CC[C@H](F)C3)cc2O1. The summed E-state index contributed by atoms with van der Waals surface area (Å²) in [5.74, 6) is 0.619. The fraction of sp³-hybridized carbons (Fsp3) is 0.381. The van der Waals surface area contributed by atoms with Crippen LogP contribution in [0.5, 0.6) is 11.5 Å². The molecular formula is C42H44F2N10O6. The number of carbonyl (C=O) groups excluding carboxylic acids is 2. The topological polar surface area (TPSA) is 184 Å². The Morgan fingerprint density at radius 1 is 0.733 bits per heavy atom. The maximum atomic E-state index is 13.9. The molecule has 0 saturated carbocycles. The number of halogens is 2. The van der Waals surface area contributed by atoms with Crippen molar-refractivity contribution in [2.24, 2.45) is 0 Å². The van der Waals surface area contributed by atoms with E-state index in [1.54, 1.807) is 36.9 Å². The molecule has 4 N–H and O–H groups in total. The van der Waals surface area contributed by atoms with Crippen LogP contribution in [0.3, 0.4) is 0 Å². The first-order valence-corrected chi connectivity index (χ1v) is 19.8. The molecule has 4 atom stereocenters. The normalized spacial score (nSPS) is 22.9. The molecule has 0 unspecified atom stereocenters. The summed E-state index contributed by atoms with van der Waals surface area (Å²) in [5, 5.41) is 33.6. The summed E-state index contributed by atoms with van der Waals surface area (Å²) in [6.07, 6.45) is 9.71. The first kappa shape index (κ1) is 39.1. The third-order valence-corrected chi connectivity index (χ3v) is 11.4. The maximum Gasteiger partial charge on any atom is 0.261 e. The van der Waals surface area contributed by atoms with Gasteiger partial charge in [-0.1, -0.05) is 0 Å². The zero-order valence-electron chi connectivity index (χ0n) is 33.0. The highest BCUT2D eigenvalue weighted by atomic mass is 19.1. The second kappa shape index (κ2) is 15.3.